The molecule has 1 heterocycles. The van der Waals surface area contributed by atoms with Gasteiger partial charge < -0.3 is 18.9 Å². The molecule has 0 bridgehead atoms. The number of allylic oxidation sites excluding steroid dienone is 1. The maximum atomic E-state index is 12.9. The minimum absolute atomic E-state index is 0.00930. The van der Waals surface area contributed by atoms with Crippen molar-refractivity contribution < 1.29 is 37.0 Å². The molecule has 1 aromatic carbocycles. The number of hydrogen-bond donors (Lipinski definition) is 0. The lowest BCUT2D eigenvalue weighted by Gasteiger charge is -2.15. The Morgan fingerprint density at radius 3 is 2.33 bits per heavy atom. The van der Waals surface area contributed by atoms with Crippen molar-refractivity contribution in [3.8, 4) is 0 Å². The van der Waals surface area contributed by atoms with Crippen molar-refractivity contribution in [1.29, 1.82) is 0 Å². The Bertz CT molecular complexity index is 868. The molecule has 0 aromatic heterocycles. The van der Waals surface area contributed by atoms with E-state index in [0.717, 1.165) is 0 Å². The topological polar surface area (TPSA) is 105 Å². The van der Waals surface area contributed by atoms with Crippen molar-refractivity contribution in [2.45, 2.75) is 23.5 Å². The molecule has 0 spiro atoms. The smallest absolute Gasteiger partial charge is 0.383 e. The highest BCUT2D eigenvalue weighted by molar-refractivity contribution is 7.92. The summed E-state index contributed by atoms with van der Waals surface area (Å²) in [6.07, 6.45) is 1.02. The number of hydrogen-bond acceptors (Lipinski definition) is 8. The van der Waals surface area contributed by atoms with Crippen molar-refractivity contribution in [3.63, 3.8) is 0 Å². The quantitative estimate of drug-likeness (QED) is 0.612. The first-order valence-electron chi connectivity index (χ1n) is 8.07. The molecule has 0 unspecified atom stereocenters. The summed E-state index contributed by atoms with van der Waals surface area (Å²) < 4.78 is 45.7. The number of ether oxygens (including phenoxy) is 4. The van der Waals surface area contributed by atoms with Gasteiger partial charge in [0.1, 0.15) is 0 Å². The molecule has 0 amide bonds. The molecule has 0 saturated carbocycles. The zero-order chi connectivity index (χ0) is 20.0. The van der Waals surface area contributed by atoms with Crippen molar-refractivity contribution >= 4 is 21.8 Å². The highest BCUT2D eigenvalue weighted by Crippen LogP contribution is 2.29. The van der Waals surface area contributed by atoms with E-state index in [9.17, 15) is 18.0 Å². The van der Waals surface area contributed by atoms with E-state index in [2.05, 4.69) is 0 Å². The third kappa shape index (κ3) is 4.30. The second kappa shape index (κ2) is 8.72. The summed E-state index contributed by atoms with van der Waals surface area (Å²) in [5, 5.41) is -1.50. The lowest BCUT2D eigenvalue weighted by molar-refractivity contribution is -0.142. The fraction of sp³-hybridized carbons (Fsp3) is 0.333. The van der Waals surface area contributed by atoms with Gasteiger partial charge in [-0.3, -0.25) is 4.79 Å². The van der Waals surface area contributed by atoms with Crippen LogP contribution in [0.15, 0.2) is 58.6 Å². The molecule has 0 saturated heterocycles. The number of cyclic esters (lactones) is 1. The zero-order valence-corrected chi connectivity index (χ0v) is 15.9. The Morgan fingerprint density at radius 1 is 1.15 bits per heavy atom. The number of esters is 2. The van der Waals surface area contributed by atoms with Crippen LogP contribution in [0.4, 0.5) is 0 Å². The van der Waals surface area contributed by atoms with Gasteiger partial charge in [0, 0.05) is 0 Å². The lowest BCUT2D eigenvalue weighted by atomic mass is 10.2. The van der Waals surface area contributed by atoms with E-state index in [1.54, 1.807) is 25.1 Å². The molecule has 146 valence electrons. The van der Waals surface area contributed by atoms with E-state index in [1.807, 2.05) is 0 Å². The van der Waals surface area contributed by atoms with Crippen LogP contribution in [-0.4, -0.2) is 46.4 Å². The number of benzene rings is 1. The van der Waals surface area contributed by atoms with Gasteiger partial charge in [-0.1, -0.05) is 18.2 Å². The number of methoxy groups -OCH3 is 2. The molecule has 1 aromatic rings. The average molecular weight is 396 g/mol. The predicted octanol–water partition coefficient (Wildman–Crippen LogP) is 1.73. The van der Waals surface area contributed by atoms with Gasteiger partial charge >= 0.3 is 11.9 Å². The van der Waals surface area contributed by atoms with E-state index in [1.165, 1.54) is 32.4 Å². The zero-order valence-electron chi connectivity index (χ0n) is 15.1. The van der Waals surface area contributed by atoms with Crippen LogP contribution in [0.3, 0.4) is 0 Å². The van der Waals surface area contributed by atoms with Crippen LogP contribution in [0, 0.1) is 0 Å². The van der Waals surface area contributed by atoms with Crippen molar-refractivity contribution in [2.75, 3.05) is 20.8 Å². The van der Waals surface area contributed by atoms with Crippen LogP contribution in [0.5, 0.6) is 0 Å². The third-order valence-corrected chi connectivity index (χ3v) is 5.80. The first-order chi connectivity index (χ1) is 12.9. The highest BCUT2D eigenvalue weighted by atomic mass is 32.2. The van der Waals surface area contributed by atoms with Gasteiger partial charge in [0.05, 0.1) is 25.7 Å². The van der Waals surface area contributed by atoms with Gasteiger partial charge in [0.25, 0.3) is 5.76 Å². The van der Waals surface area contributed by atoms with E-state index in [-0.39, 0.29) is 35.2 Å². The van der Waals surface area contributed by atoms with E-state index in [4.69, 9.17) is 18.9 Å². The molecule has 2 rings (SSSR count). The second-order valence-electron chi connectivity index (χ2n) is 5.36. The van der Waals surface area contributed by atoms with Crippen LogP contribution in [0.25, 0.3) is 0 Å². The van der Waals surface area contributed by atoms with E-state index < -0.39 is 27.0 Å². The molecular weight excluding hydrogens is 376 g/mol. The number of carbonyl (C=O) groups excluding carboxylic acids is 2. The molecular formula is C18H20O8S. The summed E-state index contributed by atoms with van der Waals surface area (Å²) in [5.74, 6) is -1.78. The predicted molar refractivity (Wildman–Crippen MR) is 93.9 cm³/mol. The Labute approximate surface area is 157 Å². The van der Waals surface area contributed by atoms with Crippen LogP contribution >= 0.6 is 0 Å². The van der Waals surface area contributed by atoms with Gasteiger partial charge in [-0.25, -0.2) is 13.2 Å². The number of carbonyl (C=O) groups is 2. The Hall–Kier alpha value is -2.81. The molecule has 0 radical (unpaired) electrons. The van der Waals surface area contributed by atoms with Crippen LogP contribution < -0.4 is 0 Å². The Kier molecular flexibility index (Phi) is 6.62. The summed E-state index contributed by atoms with van der Waals surface area (Å²) in [6, 6.07) is 7.58. The van der Waals surface area contributed by atoms with E-state index >= 15 is 0 Å². The van der Waals surface area contributed by atoms with Gasteiger partial charge in [-0.2, -0.15) is 0 Å². The van der Waals surface area contributed by atoms with Crippen LogP contribution in [0.1, 0.15) is 13.3 Å². The second-order valence-corrected chi connectivity index (χ2v) is 7.49. The number of rotatable bonds is 8. The van der Waals surface area contributed by atoms with E-state index in [0.29, 0.717) is 0 Å². The molecule has 0 fully saturated rings. The lowest BCUT2D eigenvalue weighted by Crippen LogP contribution is -2.32. The fourth-order valence-electron chi connectivity index (χ4n) is 2.47. The highest BCUT2D eigenvalue weighted by Gasteiger charge is 2.37. The minimum Gasteiger partial charge on any atom is -0.490 e. The molecule has 1 aliphatic rings. The Morgan fingerprint density at radius 2 is 1.78 bits per heavy atom. The van der Waals surface area contributed by atoms with Crippen molar-refractivity contribution in [2.24, 2.45) is 0 Å². The van der Waals surface area contributed by atoms with Gasteiger partial charge in [-0.05, 0) is 31.6 Å². The normalized spacial score (nSPS) is 16.9. The molecule has 1 atom stereocenters. The summed E-state index contributed by atoms with van der Waals surface area (Å²) in [5.41, 5.74) is 0. The number of sulfone groups is 1. The van der Waals surface area contributed by atoms with Gasteiger partial charge in [0.2, 0.25) is 5.76 Å². The summed E-state index contributed by atoms with van der Waals surface area (Å²) in [4.78, 5) is 24.0. The summed E-state index contributed by atoms with van der Waals surface area (Å²) in [6.45, 7) is 1.61. The standard InChI is InChI=1S/C18H20O8S/c1-4-25-17(19)14(27(21,22)12-8-6-5-7-9-12)11-10-13-15(23-2)16(24-3)18(20)26-13/h5-10,14H,4,11H2,1-3H3/b13-10-/t14-/m0/s1. The molecule has 9 heteroatoms. The molecule has 1 aliphatic heterocycles. The SMILES string of the molecule is CCOC(=O)[C@H](C/C=C1\OC(=O)C(OC)=C1OC)S(=O)(=O)c1ccccc1. The monoisotopic (exact) mass is 396 g/mol. The van der Waals surface area contributed by atoms with Gasteiger partial charge in [-0.15, -0.1) is 0 Å². The fourth-order valence-corrected chi connectivity index (χ4v) is 4.01. The molecule has 27 heavy (non-hydrogen) atoms. The average Bonchev–Trinajstić information content (AvgIpc) is 2.97. The van der Waals surface area contributed by atoms with Crippen LogP contribution in [0.2, 0.25) is 0 Å². The largest absolute Gasteiger partial charge is 0.490 e. The van der Waals surface area contributed by atoms with Crippen molar-refractivity contribution in [3.05, 3.63) is 53.7 Å². The first kappa shape index (κ1) is 20.5. The summed E-state index contributed by atoms with van der Waals surface area (Å²) >= 11 is 0. The third-order valence-electron chi connectivity index (χ3n) is 3.74. The summed E-state index contributed by atoms with van der Waals surface area (Å²) in [7, 11) is -1.43. The van der Waals surface area contributed by atoms with Crippen molar-refractivity contribution in [1.82, 2.24) is 0 Å². The molecule has 0 aliphatic carbocycles. The molecule has 8 nitrogen and oxygen atoms in total. The van der Waals surface area contributed by atoms with Gasteiger partial charge in [0.15, 0.2) is 20.8 Å². The van der Waals surface area contributed by atoms with Crippen LogP contribution in [-0.2, 0) is 38.4 Å². The first-order valence-corrected chi connectivity index (χ1v) is 9.62. The maximum Gasteiger partial charge on any atom is 0.383 e. The maximum absolute atomic E-state index is 12.9. The Balaban J connectivity index is 2.39. The minimum atomic E-state index is -4.02. The molecule has 0 N–H and O–H groups in total.